The van der Waals surface area contributed by atoms with Gasteiger partial charge in [0.1, 0.15) is 0 Å². The SMILES string of the molecule is O=C(CC1CCCCCC1)NCC1(CCBr)CC1. The minimum absolute atomic E-state index is 0.294. The molecule has 0 bridgehead atoms. The molecule has 2 rings (SSSR count). The molecule has 2 fully saturated rings. The Morgan fingerprint density at radius 2 is 1.83 bits per heavy atom. The number of halogens is 1. The van der Waals surface area contributed by atoms with E-state index in [9.17, 15) is 4.79 Å². The van der Waals surface area contributed by atoms with Gasteiger partial charge >= 0.3 is 0 Å². The molecule has 0 aromatic carbocycles. The Labute approximate surface area is 119 Å². The van der Waals surface area contributed by atoms with Crippen LogP contribution in [0.2, 0.25) is 0 Å². The number of amides is 1. The highest BCUT2D eigenvalue weighted by Crippen LogP contribution is 2.48. The first-order valence-electron chi connectivity index (χ1n) is 7.57. The maximum atomic E-state index is 12.0. The standard InChI is InChI=1S/C15H26BrNO/c16-10-9-15(7-8-15)12-17-14(18)11-13-5-3-1-2-4-6-13/h13H,1-12H2,(H,17,18). The van der Waals surface area contributed by atoms with Crippen LogP contribution in [0.25, 0.3) is 0 Å². The highest BCUT2D eigenvalue weighted by Gasteiger charge is 2.41. The smallest absolute Gasteiger partial charge is 0.220 e. The summed E-state index contributed by atoms with van der Waals surface area (Å²) >= 11 is 3.51. The second-order valence-corrected chi connectivity index (χ2v) is 7.07. The lowest BCUT2D eigenvalue weighted by Crippen LogP contribution is -2.31. The third-order valence-corrected chi connectivity index (χ3v) is 5.09. The van der Waals surface area contributed by atoms with E-state index in [1.807, 2.05) is 0 Å². The highest BCUT2D eigenvalue weighted by molar-refractivity contribution is 9.09. The van der Waals surface area contributed by atoms with Gasteiger partial charge in [0.05, 0.1) is 0 Å². The zero-order valence-electron chi connectivity index (χ0n) is 11.3. The van der Waals surface area contributed by atoms with Crippen molar-refractivity contribution in [2.24, 2.45) is 11.3 Å². The molecule has 1 amide bonds. The average Bonchev–Trinajstić information content (AvgIpc) is 3.13. The fourth-order valence-electron chi connectivity index (χ4n) is 3.08. The molecule has 1 N–H and O–H groups in total. The predicted molar refractivity (Wildman–Crippen MR) is 78.9 cm³/mol. The zero-order chi connectivity index (χ0) is 12.8. The Hall–Kier alpha value is -0.0500. The second-order valence-electron chi connectivity index (χ2n) is 6.28. The van der Waals surface area contributed by atoms with Crippen LogP contribution in [0.1, 0.15) is 64.2 Å². The summed E-state index contributed by atoms with van der Waals surface area (Å²) in [5.74, 6) is 0.946. The van der Waals surface area contributed by atoms with E-state index in [0.717, 1.165) is 18.3 Å². The fraction of sp³-hybridized carbons (Fsp3) is 0.933. The Bertz CT molecular complexity index is 268. The van der Waals surface area contributed by atoms with E-state index in [1.165, 1.54) is 57.8 Å². The number of carbonyl (C=O) groups excluding carboxylic acids is 1. The van der Waals surface area contributed by atoms with Crippen molar-refractivity contribution in [3.8, 4) is 0 Å². The fourth-order valence-corrected chi connectivity index (χ4v) is 3.92. The van der Waals surface area contributed by atoms with E-state index >= 15 is 0 Å². The lowest BCUT2D eigenvalue weighted by atomic mass is 9.96. The molecular formula is C15H26BrNO. The van der Waals surface area contributed by atoms with Gasteiger partial charge in [0.25, 0.3) is 0 Å². The van der Waals surface area contributed by atoms with Crippen LogP contribution in [0.5, 0.6) is 0 Å². The molecule has 0 aromatic heterocycles. The molecule has 0 atom stereocenters. The van der Waals surface area contributed by atoms with Gasteiger partial charge in [-0.3, -0.25) is 4.79 Å². The van der Waals surface area contributed by atoms with Crippen LogP contribution in [-0.2, 0) is 4.79 Å². The number of alkyl halides is 1. The van der Waals surface area contributed by atoms with Crippen LogP contribution in [0.4, 0.5) is 0 Å². The normalized spacial score (nSPS) is 23.4. The summed E-state index contributed by atoms with van der Waals surface area (Å²) in [7, 11) is 0. The van der Waals surface area contributed by atoms with Crippen molar-refractivity contribution in [1.29, 1.82) is 0 Å². The van der Waals surface area contributed by atoms with E-state index in [4.69, 9.17) is 0 Å². The summed E-state index contributed by atoms with van der Waals surface area (Å²) in [6.07, 6.45) is 12.5. The van der Waals surface area contributed by atoms with Crippen LogP contribution in [0.3, 0.4) is 0 Å². The molecule has 2 nitrogen and oxygen atoms in total. The molecule has 3 heteroatoms. The van der Waals surface area contributed by atoms with Crippen LogP contribution in [0, 0.1) is 11.3 Å². The topological polar surface area (TPSA) is 29.1 Å². The first-order chi connectivity index (χ1) is 8.74. The van der Waals surface area contributed by atoms with Gasteiger partial charge in [0, 0.05) is 18.3 Å². The monoisotopic (exact) mass is 315 g/mol. The molecule has 104 valence electrons. The van der Waals surface area contributed by atoms with Crippen LogP contribution >= 0.6 is 15.9 Å². The van der Waals surface area contributed by atoms with Crippen molar-refractivity contribution in [2.75, 3.05) is 11.9 Å². The minimum atomic E-state index is 0.294. The number of carbonyl (C=O) groups is 1. The lowest BCUT2D eigenvalue weighted by Gasteiger charge is -2.17. The molecule has 0 heterocycles. The first-order valence-corrected chi connectivity index (χ1v) is 8.69. The molecule has 0 radical (unpaired) electrons. The summed E-state index contributed by atoms with van der Waals surface area (Å²) in [4.78, 5) is 12.0. The lowest BCUT2D eigenvalue weighted by molar-refractivity contribution is -0.122. The number of rotatable bonds is 6. The third-order valence-electron chi connectivity index (χ3n) is 4.69. The van der Waals surface area contributed by atoms with Crippen LogP contribution in [0.15, 0.2) is 0 Å². The largest absolute Gasteiger partial charge is 0.356 e. The Morgan fingerprint density at radius 1 is 1.17 bits per heavy atom. The van der Waals surface area contributed by atoms with Crippen molar-refractivity contribution in [2.45, 2.75) is 64.2 Å². The summed E-state index contributed by atoms with van der Waals surface area (Å²) in [6, 6.07) is 0. The first kappa shape index (κ1) is 14.4. The number of nitrogens with one attached hydrogen (secondary N) is 1. The maximum Gasteiger partial charge on any atom is 0.220 e. The molecule has 0 unspecified atom stereocenters. The number of hydrogen-bond donors (Lipinski definition) is 1. The predicted octanol–water partition coefficient (Wildman–Crippen LogP) is 4.03. The average molecular weight is 316 g/mol. The molecular weight excluding hydrogens is 290 g/mol. The molecule has 0 aliphatic heterocycles. The van der Waals surface area contributed by atoms with E-state index in [2.05, 4.69) is 21.2 Å². The Balaban J connectivity index is 1.65. The van der Waals surface area contributed by atoms with E-state index < -0.39 is 0 Å². The molecule has 2 saturated carbocycles. The number of hydrogen-bond acceptors (Lipinski definition) is 1. The van der Waals surface area contributed by atoms with Gasteiger partial charge < -0.3 is 5.32 Å². The Kier molecular flexibility index (Phi) is 5.53. The quantitative estimate of drug-likeness (QED) is 0.582. The van der Waals surface area contributed by atoms with Gasteiger partial charge in [0.2, 0.25) is 5.91 Å². The molecule has 2 aliphatic rings. The van der Waals surface area contributed by atoms with Gasteiger partial charge in [-0.1, -0.05) is 41.6 Å². The zero-order valence-corrected chi connectivity index (χ0v) is 12.9. The summed E-state index contributed by atoms with van der Waals surface area (Å²) in [5.41, 5.74) is 0.447. The van der Waals surface area contributed by atoms with Crippen LogP contribution < -0.4 is 5.32 Å². The summed E-state index contributed by atoms with van der Waals surface area (Å²) < 4.78 is 0. The van der Waals surface area contributed by atoms with E-state index in [-0.39, 0.29) is 0 Å². The molecule has 0 spiro atoms. The molecule has 0 saturated heterocycles. The van der Waals surface area contributed by atoms with Gasteiger partial charge in [-0.25, -0.2) is 0 Å². The second kappa shape index (κ2) is 6.93. The summed E-state index contributed by atoms with van der Waals surface area (Å²) in [6.45, 7) is 0.907. The third kappa shape index (κ3) is 4.56. The van der Waals surface area contributed by atoms with Gasteiger partial charge in [-0.05, 0) is 43.4 Å². The molecule has 2 aliphatic carbocycles. The van der Waals surface area contributed by atoms with E-state index in [0.29, 0.717) is 17.2 Å². The van der Waals surface area contributed by atoms with Crippen LogP contribution in [-0.4, -0.2) is 17.8 Å². The Morgan fingerprint density at radius 3 is 2.39 bits per heavy atom. The minimum Gasteiger partial charge on any atom is -0.356 e. The van der Waals surface area contributed by atoms with Crippen molar-refractivity contribution in [1.82, 2.24) is 5.32 Å². The van der Waals surface area contributed by atoms with Gasteiger partial charge in [-0.2, -0.15) is 0 Å². The van der Waals surface area contributed by atoms with E-state index in [1.54, 1.807) is 0 Å². The van der Waals surface area contributed by atoms with Gasteiger partial charge in [0.15, 0.2) is 0 Å². The van der Waals surface area contributed by atoms with Gasteiger partial charge in [-0.15, -0.1) is 0 Å². The van der Waals surface area contributed by atoms with Crippen molar-refractivity contribution in [3.63, 3.8) is 0 Å². The van der Waals surface area contributed by atoms with Crippen molar-refractivity contribution >= 4 is 21.8 Å². The molecule has 18 heavy (non-hydrogen) atoms. The molecule has 0 aromatic rings. The van der Waals surface area contributed by atoms with Crippen molar-refractivity contribution < 1.29 is 4.79 Å². The highest BCUT2D eigenvalue weighted by atomic mass is 79.9. The van der Waals surface area contributed by atoms with Crippen molar-refractivity contribution in [3.05, 3.63) is 0 Å². The summed E-state index contributed by atoms with van der Waals surface area (Å²) in [5, 5.41) is 4.24. The maximum absolute atomic E-state index is 12.0.